The van der Waals surface area contributed by atoms with Crippen LogP contribution in [0.5, 0.6) is 0 Å². The van der Waals surface area contributed by atoms with Gasteiger partial charge in [-0.25, -0.2) is 8.78 Å². The van der Waals surface area contributed by atoms with E-state index in [1.165, 1.54) is 0 Å². The van der Waals surface area contributed by atoms with Crippen LogP contribution in [0.1, 0.15) is 40.8 Å². The molecule has 0 radical (unpaired) electrons. The average molecular weight is 289 g/mol. The van der Waals surface area contributed by atoms with Gasteiger partial charge in [-0.1, -0.05) is 42.8 Å². The molecule has 1 atom stereocenters. The normalized spacial score (nSPS) is 12.5. The molecule has 0 saturated heterocycles. The lowest BCUT2D eigenvalue weighted by Gasteiger charge is -2.22. The summed E-state index contributed by atoms with van der Waals surface area (Å²) >= 11 is 0. The van der Waals surface area contributed by atoms with Gasteiger partial charge < -0.3 is 5.32 Å². The van der Waals surface area contributed by atoms with Crippen LogP contribution in [0.25, 0.3) is 0 Å². The fourth-order valence-electron chi connectivity index (χ4n) is 2.55. The van der Waals surface area contributed by atoms with E-state index in [1.54, 1.807) is 19.1 Å². The summed E-state index contributed by atoms with van der Waals surface area (Å²) in [5, 5.41) is 3.26. The lowest BCUT2D eigenvalue weighted by atomic mass is 9.92. The van der Waals surface area contributed by atoms with Gasteiger partial charge in [0.2, 0.25) is 0 Å². The molecule has 3 heteroatoms. The third-order valence-electron chi connectivity index (χ3n) is 3.77. The van der Waals surface area contributed by atoms with Crippen LogP contribution < -0.4 is 5.32 Å². The van der Waals surface area contributed by atoms with Crippen LogP contribution in [0.4, 0.5) is 8.78 Å². The van der Waals surface area contributed by atoms with Gasteiger partial charge in [0, 0.05) is 5.56 Å². The number of aryl methyl sites for hydroxylation is 3. The molecule has 0 fully saturated rings. The molecule has 0 aliphatic rings. The van der Waals surface area contributed by atoms with Gasteiger partial charge in [-0.05, 0) is 44.0 Å². The molecule has 0 aromatic heterocycles. The van der Waals surface area contributed by atoms with E-state index >= 15 is 0 Å². The molecule has 112 valence electrons. The SMILES string of the molecule is CCNC(c1cc(C)ccc1C)c1ccc(C)c(F)c1F. The van der Waals surface area contributed by atoms with Crippen molar-refractivity contribution >= 4 is 0 Å². The van der Waals surface area contributed by atoms with Crippen molar-refractivity contribution in [2.75, 3.05) is 6.54 Å². The Morgan fingerprint density at radius 3 is 2.24 bits per heavy atom. The minimum atomic E-state index is -0.763. The van der Waals surface area contributed by atoms with E-state index in [0.717, 1.165) is 16.7 Å². The second-order valence-corrected chi connectivity index (χ2v) is 5.45. The molecule has 2 aromatic carbocycles. The molecule has 0 bridgehead atoms. The standard InChI is InChI=1S/C18H21F2N/c1-5-21-18(15-10-11(2)6-7-12(15)3)14-9-8-13(4)16(19)17(14)20/h6-10,18,21H,5H2,1-4H3. The number of benzene rings is 2. The molecule has 1 nitrogen and oxygen atoms in total. The highest BCUT2D eigenvalue weighted by Gasteiger charge is 2.21. The minimum Gasteiger partial charge on any atom is -0.306 e. The zero-order valence-corrected chi connectivity index (χ0v) is 12.9. The van der Waals surface area contributed by atoms with Gasteiger partial charge in [-0.3, -0.25) is 0 Å². The second-order valence-electron chi connectivity index (χ2n) is 5.45. The van der Waals surface area contributed by atoms with Crippen molar-refractivity contribution in [2.24, 2.45) is 0 Å². The van der Waals surface area contributed by atoms with Crippen LogP contribution in [-0.4, -0.2) is 6.54 Å². The number of halogens is 2. The lowest BCUT2D eigenvalue weighted by Crippen LogP contribution is -2.24. The molecule has 1 unspecified atom stereocenters. The van der Waals surface area contributed by atoms with Gasteiger partial charge in [0.1, 0.15) is 0 Å². The van der Waals surface area contributed by atoms with E-state index in [4.69, 9.17) is 0 Å². The fourth-order valence-corrected chi connectivity index (χ4v) is 2.55. The quantitative estimate of drug-likeness (QED) is 0.868. The Kier molecular flexibility index (Phi) is 4.73. The topological polar surface area (TPSA) is 12.0 Å². The summed E-state index contributed by atoms with van der Waals surface area (Å²) in [5.41, 5.74) is 3.83. The highest BCUT2D eigenvalue weighted by atomic mass is 19.2. The summed E-state index contributed by atoms with van der Waals surface area (Å²) in [5.74, 6) is -1.53. The fraction of sp³-hybridized carbons (Fsp3) is 0.333. The average Bonchev–Trinajstić information content (AvgIpc) is 2.46. The maximum atomic E-state index is 14.3. The second kappa shape index (κ2) is 6.35. The van der Waals surface area contributed by atoms with Crippen molar-refractivity contribution in [2.45, 2.75) is 33.7 Å². The van der Waals surface area contributed by atoms with E-state index in [2.05, 4.69) is 5.32 Å². The molecule has 2 aromatic rings. The van der Waals surface area contributed by atoms with Crippen molar-refractivity contribution in [1.82, 2.24) is 5.32 Å². The first kappa shape index (κ1) is 15.6. The Morgan fingerprint density at radius 1 is 0.905 bits per heavy atom. The summed E-state index contributed by atoms with van der Waals surface area (Å²) < 4.78 is 28.2. The van der Waals surface area contributed by atoms with Gasteiger partial charge in [0.15, 0.2) is 11.6 Å². The number of rotatable bonds is 4. The Bertz CT molecular complexity index is 650. The van der Waals surface area contributed by atoms with E-state index in [1.807, 2.05) is 39.0 Å². The molecule has 0 heterocycles. The molecule has 0 saturated carbocycles. The van der Waals surface area contributed by atoms with Gasteiger partial charge in [-0.15, -0.1) is 0 Å². The highest BCUT2D eigenvalue weighted by Crippen LogP contribution is 2.29. The summed E-state index contributed by atoms with van der Waals surface area (Å²) in [6.07, 6.45) is 0. The largest absolute Gasteiger partial charge is 0.306 e. The molecular weight excluding hydrogens is 268 g/mol. The molecular formula is C18H21F2N. The zero-order valence-electron chi connectivity index (χ0n) is 12.9. The van der Waals surface area contributed by atoms with Crippen molar-refractivity contribution in [3.63, 3.8) is 0 Å². The van der Waals surface area contributed by atoms with Crippen LogP contribution in [0, 0.1) is 32.4 Å². The highest BCUT2D eigenvalue weighted by molar-refractivity contribution is 5.40. The Morgan fingerprint density at radius 2 is 1.57 bits per heavy atom. The lowest BCUT2D eigenvalue weighted by molar-refractivity contribution is 0.478. The molecule has 21 heavy (non-hydrogen) atoms. The third-order valence-corrected chi connectivity index (χ3v) is 3.77. The van der Waals surface area contributed by atoms with E-state index in [0.29, 0.717) is 17.7 Å². The molecule has 0 amide bonds. The number of hydrogen-bond acceptors (Lipinski definition) is 1. The van der Waals surface area contributed by atoms with Crippen molar-refractivity contribution in [3.8, 4) is 0 Å². The molecule has 0 aliphatic heterocycles. The van der Waals surface area contributed by atoms with E-state index in [-0.39, 0.29) is 6.04 Å². The van der Waals surface area contributed by atoms with Crippen LogP contribution in [0.2, 0.25) is 0 Å². The summed E-state index contributed by atoms with van der Waals surface area (Å²) in [6, 6.07) is 9.02. The Balaban J connectivity index is 2.59. The summed E-state index contributed by atoms with van der Waals surface area (Å²) in [7, 11) is 0. The first-order chi connectivity index (χ1) is 9.95. The zero-order chi connectivity index (χ0) is 15.6. The Hall–Kier alpha value is -1.74. The van der Waals surface area contributed by atoms with Crippen LogP contribution in [-0.2, 0) is 0 Å². The van der Waals surface area contributed by atoms with Crippen molar-refractivity contribution in [3.05, 3.63) is 69.8 Å². The summed E-state index contributed by atoms with van der Waals surface area (Å²) in [4.78, 5) is 0. The van der Waals surface area contributed by atoms with Crippen LogP contribution in [0.3, 0.4) is 0 Å². The van der Waals surface area contributed by atoms with E-state index < -0.39 is 11.6 Å². The smallest absolute Gasteiger partial charge is 0.164 e. The predicted octanol–water partition coefficient (Wildman–Crippen LogP) is 4.59. The maximum Gasteiger partial charge on any atom is 0.164 e. The predicted molar refractivity (Wildman–Crippen MR) is 82.5 cm³/mol. The third kappa shape index (κ3) is 3.13. The van der Waals surface area contributed by atoms with Gasteiger partial charge >= 0.3 is 0 Å². The van der Waals surface area contributed by atoms with Crippen LogP contribution >= 0.6 is 0 Å². The van der Waals surface area contributed by atoms with Gasteiger partial charge in [0.05, 0.1) is 6.04 Å². The molecule has 1 N–H and O–H groups in total. The van der Waals surface area contributed by atoms with Crippen LogP contribution in [0.15, 0.2) is 30.3 Å². The first-order valence-corrected chi connectivity index (χ1v) is 7.20. The molecule has 2 rings (SSSR count). The first-order valence-electron chi connectivity index (χ1n) is 7.20. The number of hydrogen-bond donors (Lipinski definition) is 1. The number of nitrogens with one attached hydrogen (secondary N) is 1. The summed E-state index contributed by atoms with van der Waals surface area (Å²) in [6.45, 7) is 8.19. The Labute approximate surface area is 125 Å². The monoisotopic (exact) mass is 289 g/mol. The van der Waals surface area contributed by atoms with Crippen molar-refractivity contribution < 1.29 is 8.78 Å². The van der Waals surface area contributed by atoms with Crippen molar-refractivity contribution in [1.29, 1.82) is 0 Å². The maximum absolute atomic E-state index is 14.3. The van der Waals surface area contributed by atoms with Gasteiger partial charge in [-0.2, -0.15) is 0 Å². The molecule has 0 aliphatic carbocycles. The molecule has 0 spiro atoms. The van der Waals surface area contributed by atoms with E-state index in [9.17, 15) is 8.78 Å². The minimum absolute atomic E-state index is 0.326. The van der Waals surface area contributed by atoms with Gasteiger partial charge in [0.25, 0.3) is 0 Å².